The second-order valence-electron chi connectivity index (χ2n) is 6.06. The van der Waals surface area contributed by atoms with Crippen molar-refractivity contribution < 1.29 is 9.21 Å². The number of furan rings is 1. The summed E-state index contributed by atoms with van der Waals surface area (Å²) in [5, 5.41) is 4.35. The summed E-state index contributed by atoms with van der Waals surface area (Å²) in [5.74, 6) is 1.11. The molecule has 0 N–H and O–H groups in total. The molecule has 1 atom stereocenters. The highest BCUT2D eigenvalue weighted by molar-refractivity contribution is 5.76. The summed E-state index contributed by atoms with van der Waals surface area (Å²) in [5.41, 5.74) is 1.16. The molecule has 1 unspecified atom stereocenters. The SMILES string of the molecule is Cc1cnn(CC2CCCCN2C(=O)CCc2ccco2)c1. The van der Waals surface area contributed by atoms with E-state index in [1.165, 1.54) is 6.42 Å². The van der Waals surface area contributed by atoms with Crippen molar-refractivity contribution in [3.63, 3.8) is 0 Å². The number of carbonyl (C=O) groups excluding carboxylic acids is 1. The number of aromatic nitrogens is 2. The van der Waals surface area contributed by atoms with Gasteiger partial charge in [0.1, 0.15) is 5.76 Å². The molecule has 22 heavy (non-hydrogen) atoms. The van der Waals surface area contributed by atoms with E-state index in [4.69, 9.17) is 4.42 Å². The van der Waals surface area contributed by atoms with Gasteiger partial charge in [-0.05, 0) is 43.9 Å². The zero-order chi connectivity index (χ0) is 15.4. The van der Waals surface area contributed by atoms with Crippen LogP contribution in [0.5, 0.6) is 0 Å². The van der Waals surface area contributed by atoms with Crippen LogP contribution in [0.4, 0.5) is 0 Å². The highest BCUT2D eigenvalue weighted by atomic mass is 16.3. The Balaban J connectivity index is 1.60. The van der Waals surface area contributed by atoms with Crippen molar-refractivity contribution in [1.82, 2.24) is 14.7 Å². The molecular weight excluding hydrogens is 278 g/mol. The molecule has 2 aromatic rings. The Kier molecular flexibility index (Phi) is 4.61. The lowest BCUT2D eigenvalue weighted by Crippen LogP contribution is -2.46. The molecule has 1 saturated heterocycles. The molecule has 1 fully saturated rings. The number of likely N-dealkylation sites (tertiary alicyclic amines) is 1. The molecule has 3 heterocycles. The largest absolute Gasteiger partial charge is 0.469 e. The number of carbonyl (C=O) groups is 1. The fraction of sp³-hybridized carbons (Fsp3) is 0.529. The van der Waals surface area contributed by atoms with E-state index in [0.29, 0.717) is 12.8 Å². The van der Waals surface area contributed by atoms with E-state index in [0.717, 1.165) is 37.3 Å². The summed E-state index contributed by atoms with van der Waals surface area (Å²) in [6.07, 6.45) is 10.1. The molecule has 0 saturated carbocycles. The van der Waals surface area contributed by atoms with Crippen LogP contribution in [0.15, 0.2) is 35.2 Å². The first-order valence-electron chi connectivity index (χ1n) is 8.03. The molecule has 0 aromatic carbocycles. The third-order valence-electron chi connectivity index (χ3n) is 4.27. The van der Waals surface area contributed by atoms with Crippen molar-refractivity contribution in [3.05, 3.63) is 42.1 Å². The van der Waals surface area contributed by atoms with E-state index in [-0.39, 0.29) is 11.9 Å². The zero-order valence-electron chi connectivity index (χ0n) is 13.1. The van der Waals surface area contributed by atoms with Crippen molar-refractivity contribution >= 4 is 5.91 Å². The van der Waals surface area contributed by atoms with Crippen LogP contribution >= 0.6 is 0 Å². The van der Waals surface area contributed by atoms with Gasteiger partial charge < -0.3 is 9.32 Å². The Morgan fingerprint density at radius 3 is 3.09 bits per heavy atom. The van der Waals surface area contributed by atoms with Gasteiger partial charge in [-0.25, -0.2) is 0 Å². The van der Waals surface area contributed by atoms with Crippen LogP contribution in [0.2, 0.25) is 0 Å². The van der Waals surface area contributed by atoms with Gasteiger partial charge in [-0.3, -0.25) is 9.48 Å². The number of hydrogen-bond acceptors (Lipinski definition) is 3. The smallest absolute Gasteiger partial charge is 0.223 e. The van der Waals surface area contributed by atoms with E-state index in [2.05, 4.69) is 5.10 Å². The average molecular weight is 301 g/mol. The number of rotatable bonds is 5. The third-order valence-corrected chi connectivity index (χ3v) is 4.27. The van der Waals surface area contributed by atoms with Gasteiger partial charge >= 0.3 is 0 Å². The summed E-state index contributed by atoms with van der Waals surface area (Å²) in [4.78, 5) is 14.6. The first-order valence-corrected chi connectivity index (χ1v) is 8.03. The van der Waals surface area contributed by atoms with Gasteiger partial charge in [-0.1, -0.05) is 0 Å². The zero-order valence-corrected chi connectivity index (χ0v) is 13.1. The van der Waals surface area contributed by atoms with Crippen molar-refractivity contribution in [3.8, 4) is 0 Å². The van der Waals surface area contributed by atoms with Crippen LogP contribution < -0.4 is 0 Å². The molecule has 1 aliphatic rings. The second-order valence-corrected chi connectivity index (χ2v) is 6.06. The van der Waals surface area contributed by atoms with Gasteiger partial charge in [-0.2, -0.15) is 5.10 Å². The van der Waals surface area contributed by atoms with Gasteiger partial charge in [0.05, 0.1) is 25.0 Å². The summed E-state index contributed by atoms with van der Waals surface area (Å²) in [7, 11) is 0. The van der Waals surface area contributed by atoms with E-state index >= 15 is 0 Å². The summed E-state index contributed by atoms with van der Waals surface area (Å²) < 4.78 is 7.27. The quantitative estimate of drug-likeness (QED) is 0.853. The molecule has 0 radical (unpaired) electrons. The van der Waals surface area contributed by atoms with Gasteiger partial charge in [-0.15, -0.1) is 0 Å². The predicted molar refractivity (Wildman–Crippen MR) is 83.3 cm³/mol. The maximum atomic E-state index is 12.6. The standard InChI is InChI=1S/C17H23N3O2/c1-14-11-18-19(12-14)13-15-5-2-3-9-20(15)17(21)8-7-16-6-4-10-22-16/h4,6,10-12,15H,2-3,5,7-9,13H2,1H3. The monoisotopic (exact) mass is 301 g/mol. The Labute approximate surface area is 130 Å². The Hall–Kier alpha value is -2.04. The first-order chi connectivity index (χ1) is 10.7. The molecule has 0 spiro atoms. The predicted octanol–water partition coefficient (Wildman–Crippen LogP) is 2.80. The topological polar surface area (TPSA) is 51.3 Å². The normalized spacial score (nSPS) is 18.6. The van der Waals surface area contributed by atoms with Crippen molar-refractivity contribution in [2.24, 2.45) is 0 Å². The van der Waals surface area contributed by atoms with Crippen LogP contribution in [-0.2, 0) is 17.8 Å². The highest BCUT2D eigenvalue weighted by Crippen LogP contribution is 2.20. The van der Waals surface area contributed by atoms with Crippen LogP contribution in [0, 0.1) is 6.92 Å². The van der Waals surface area contributed by atoms with Gasteiger partial charge in [0.15, 0.2) is 0 Å². The Bertz CT molecular complexity index is 603. The summed E-state index contributed by atoms with van der Waals surface area (Å²) in [6.45, 7) is 3.69. The van der Waals surface area contributed by atoms with Gasteiger partial charge in [0.25, 0.3) is 0 Å². The fourth-order valence-electron chi connectivity index (χ4n) is 3.13. The summed E-state index contributed by atoms with van der Waals surface area (Å²) in [6, 6.07) is 4.05. The van der Waals surface area contributed by atoms with E-state index in [9.17, 15) is 4.79 Å². The molecule has 2 aromatic heterocycles. The first kappa shape index (κ1) is 14.9. The maximum Gasteiger partial charge on any atom is 0.223 e. The number of nitrogens with zero attached hydrogens (tertiary/aromatic N) is 3. The van der Waals surface area contributed by atoms with Crippen LogP contribution in [0.25, 0.3) is 0 Å². The lowest BCUT2D eigenvalue weighted by Gasteiger charge is -2.35. The van der Waals surface area contributed by atoms with Crippen LogP contribution in [0.1, 0.15) is 37.0 Å². The van der Waals surface area contributed by atoms with Gasteiger partial charge in [0.2, 0.25) is 5.91 Å². The molecule has 118 valence electrons. The Morgan fingerprint density at radius 1 is 1.45 bits per heavy atom. The lowest BCUT2D eigenvalue weighted by molar-refractivity contribution is -0.135. The number of aryl methyl sites for hydroxylation is 2. The molecule has 0 bridgehead atoms. The van der Waals surface area contributed by atoms with Crippen molar-refractivity contribution in [2.45, 2.75) is 51.6 Å². The molecule has 5 nitrogen and oxygen atoms in total. The number of piperidine rings is 1. The molecule has 1 amide bonds. The molecule has 5 heteroatoms. The lowest BCUT2D eigenvalue weighted by atomic mass is 10.0. The molecule has 3 rings (SSSR count). The molecule has 0 aliphatic carbocycles. The van der Waals surface area contributed by atoms with Crippen LogP contribution in [-0.4, -0.2) is 33.2 Å². The molecule has 1 aliphatic heterocycles. The van der Waals surface area contributed by atoms with Gasteiger partial charge in [0, 0.05) is 25.6 Å². The average Bonchev–Trinajstić information content (AvgIpc) is 3.17. The van der Waals surface area contributed by atoms with Crippen molar-refractivity contribution in [2.75, 3.05) is 6.54 Å². The van der Waals surface area contributed by atoms with E-state index < -0.39 is 0 Å². The maximum absolute atomic E-state index is 12.6. The Morgan fingerprint density at radius 2 is 2.36 bits per heavy atom. The highest BCUT2D eigenvalue weighted by Gasteiger charge is 2.26. The third kappa shape index (κ3) is 3.59. The summed E-state index contributed by atoms with van der Waals surface area (Å²) >= 11 is 0. The van der Waals surface area contributed by atoms with E-state index in [1.807, 2.05) is 41.0 Å². The molecular formula is C17H23N3O2. The number of amides is 1. The number of hydrogen-bond donors (Lipinski definition) is 0. The minimum Gasteiger partial charge on any atom is -0.469 e. The second kappa shape index (κ2) is 6.81. The fourth-order valence-corrected chi connectivity index (χ4v) is 3.13. The van der Waals surface area contributed by atoms with E-state index in [1.54, 1.807) is 6.26 Å². The van der Waals surface area contributed by atoms with Crippen molar-refractivity contribution in [1.29, 1.82) is 0 Å². The minimum atomic E-state index is 0.227. The van der Waals surface area contributed by atoms with Crippen LogP contribution in [0.3, 0.4) is 0 Å². The minimum absolute atomic E-state index is 0.227.